The maximum Gasteiger partial charge on any atom is 0.312 e. The third kappa shape index (κ3) is 2.25. The molecule has 1 N–H and O–H groups in total. The fourth-order valence-electron chi connectivity index (χ4n) is 0.515. The molecule has 0 bridgehead atoms. The van der Waals surface area contributed by atoms with Gasteiger partial charge in [-0.2, -0.15) is 8.42 Å². The second-order valence-electron chi connectivity index (χ2n) is 1.79. The summed E-state index contributed by atoms with van der Waals surface area (Å²) in [6, 6.07) is 2.69. The third-order valence-electron chi connectivity index (χ3n) is 0.965. The Morgan fingerprint density at radius 1 is 1.45 bits per heavy atom. The zero-order valence-corrected chi connectivity index (χ0v) is 7.63. The number of nitrogens with zero attached hydrogens (tertiary/aromatic N) is 1. The lowest BCUT2D eigenvalue weighted by Crippen LogP contribution is -1.99. The summed E-state index contributed by atoms with van der Waals surface area (Å²) in [5.74, 6) is 0. The van der Waals surface area contributed by atoms with Gasteiger partial charge < -0.3 is 0 Å². The third-order valence-corrected chi connectivity index (χ3v) is 2.20. The van der Waals surface area contributed by atoms with Gasteiger partial charge in [-0.25, -0.2) is 4.98 Å². The van der Waals surface area contributed by atoms with Crippen LogP contribution in [0.1, 0.15) is 0 Å². The maximum atomic E-state index is 10.4. The van der Waals surface area contributed by atoms with Gasteiger partial charge in [-0.15, -0.1) is 0 Å². The zero-order chi connectivity index (χ0) is 8.48. The van der Waals surface area contributed by atoms with Gasteiger partial charge in [-0.3, -0.25) is 4.55 Å². The fraction of sp³-hybridized carbons (Fsp3) is 0. The number of rotatable bonds is 1. The summed E-state index contributed by atoms with van der Waals surface area (Å²) in [7, 11) is -4.15. The van der Waals surface area contributed by atoms with Crippen LogP contribution in [0.3, 0.4) is 0 Å². The van der Waals surface area contributed by atoms with Crippen molar-refractivity contribution in [3.8, 4) is 0 Å². The van der Waals surface area contributed by atoms with Gasteiger partial charge in [0.1, 0.15) is 0 Å². The van der Waals surface area contributed by atoms with Crippen molar-refractivity contribution in [1.29, 1.82) is 0 Å². The van der Waals surface area contributed by atoms with Crippen LogP contribution in [0, 0.1) is 0 Å². The van der Waals surface area contributed by atoms with E-state index in [9.17, 15) is 8.42 Å². The molecule has 0 saturated heterocycles. The highest BCUT2D eigenvalue weighted by atomic mass is 79.9. The van der Waals surface area contributed by atoms with Crippen LogP contribution in [0.4, 0.5) is 0 Å². The summed E-state index contributed by atoms with van der Waals surface area (Å²) < 4.78 is 30.0. The molecule has 6 heteroatoms. The number of halogens is 1. The van der Waals surface area contributed by atoms with Gasteiger partial charge in [-0.05, 0) is 28.1 Å². The molecule has 1 aromatic rings. The molecule has 4 nitrogen and oxygen atoms in total. The Morgan fingerprint density at radius 2 is 2.09 bits per heavy atom. The number of hydrogen-bond acceptors (Lipinski definition) is 3. The summed E-state index contributed by atoms with van der Waals surface area (Å²) in [5, 5.41) is -0.347. The summed E-state index contributed by atoms with van der Waals surface area (Å²) >= 11 is 3.07. The van der Waals surface area contributed by atoms with Crippen molar-refractivity contribution in [2.75, 3.05) is 0 Å². The Balaban J connectivity index is 3.20. The summed E-state index contributed by atoms with van der Waals surface area (Å²) in [4.78, 5) is 3.46. The molecule has 0 amide bonds. The molecule has 60 valence electrons. The fourth-order valence-corrected chi connectivity index (χ4v) is 1.18. The molecule has 0 radical (unpaired) electrons. The first-order chi connectivity index (χ1) is 5.00. The molecule has 0 unspecified atom stereocenters. The molecule has 1 aromatic heterocycles. The first-order valence-electron chi connectivity index (χ1n) is 2.59. The van der Waals surface area contributed by atoms with Crippen molar-refractivity contribution in [3.63, 3.8) is 0 Å². The molecular formula is C5H4BrNO3S. The average molecular weight is 238 g/mol. The van der Waals surface area contributed by atoms with E-state index in [1.54, 1.807) is 0 Å². The van der Waals surface area contributed by atoms with Gasteiger partial charge in [0, 0.05) is 10.7 Å². The lowest BCUT2D eigenvalue weighted by Gasteiger charge is -1.93. The predicted octanol–water partition coefficient (Wildman–Crippen LogP) is 1.09. The van der Waals surface area contributed by atoms with Crippen molar-refractivity contribution in [2.24, 2.45) is 0 Å². The minimum atomic E-state index is -4.15. The van der Waals surface area contributed by atoms with Crippen molar-refractivity contribution in [2.45, 2.75) is 5.03 Å². The Bertz CT molecular complexity index is 344. The van der Waals surface area contributed by atoms with E-state index in [0.717, 1.165) is 0 Å². The van der Waals surface area contributed by atoms with E-state index in [4.69, 9.17) is 4.55 Å². The Hall–Kier alpha value is -0.460. The minimum Gasteiger partial charge on any atom is -0.281 e. The smallest absolute Gasteiger partial charge is 0.281 e. The summed E-state index contributed by atoms with van der Waals surface area (Å²) in [5.41, 5.74) is 0. The minimum absolute atomic E-state index is 0.347. The highest BCUT2D eigenvalue weighted by Gasteiger charge is 2.09. The molecule has 11 heavy (non-hydrogen) atoms. The molecular weight excluding hydrogens is 234 g/mol. The van der Waals surface area contributed by atoms with Crippen LogP contribution in [0.5, 0.6) is 0 Å². The maximum absolute atomic E-state index is 10.4. The Kier molecular flexibility index (Phi) is 2.26. The predicted molar refractivity (Wildman–Crippen MR) is 41.8 cm³/mol. The van der Waals surface area contributed by atoms with Gasteiger partial charge in [0.05, 0.1) is 0 Å². The lowest BCUT2D eigenvalue weighted by atomic mass is 10.5. The van der Waals surface area contributed by atoms with E-state index < -0.39 is 10.1 Å². The second kappa shape index (κ2) is 2.88. The molecule has 0 aliphatic carbocycles. The highest BCUT2D eigenvalue weighted by Crippen LogP contribution is 2.10. The van der Waals surface area contributed by atoms with Crippen LogP contribution in [0.25, 0.3) is 0 Å². The van der Waals surface area contributed by atoms with Crippen LogP contribution in [-0.4, -0.2) is 18.0 Å². The Morgan fingerprint density at radius 3 is 2.45 bits per heavy atom. The van der Waals surface area contributed by atoms with Crippen LogP contribution < -0.4 is 0 Å². The molecule has 1 heterocycles. The van der Waals surface area contributed by atoms with Gasteiger partial charge >= 0.3 is 10.1 Å². The number of pyridine rings is 1. The summed E-state index contributed by atoms with van der Waals surface area (Å²) in [6.07, 6.45) is 1.29. The zero-order valence-electron chi connectivity index (χ0n) is 5.23. The molecule has 0 aliphatic rings. The standard InChI is InChI=1S/C5H4BrNO3S/c6-4-1-2-5(7-3-4)11(8,9)10/h1-3H,(H,8,9,10). The topological polar surface area (TPSA) is 67.3 Å². The largest absolute Gasteiger partial charge is 0.312 e. The van der Waals surface area contributed by atoms with Crippen molar-refractivity contribution < 1.29 is 13.0 Å². The van der Waals surface area contributed by atoms with Crippen molar-refractivity contribution in [3.05, 3.63) is 22.8 Å². The van der Waals surface area contributed by atoms with Gasteiger partial charge in [0.25, 0.3) is 0 Å². The first-order valence-corrected chi connectivity index (χ1v) is 4.82. The molecule has 0 saturated carbocycles. The SMILES string of the molecule is O=S(=O)(O)c1ccc(Br)cn1. The van der Waals surface area contributed by atoms with Gasteiger partial charge in [-0.1, -0.05) is 0 Å². The van der Waals surface area contributed by atoms with Crippen LogP contribution in [0.2, 0.25) is 0 Å². The van der Waals surface area contributed by atoms with Crippen LogP contribution in [-0.2, 0) is 10.1 Å². The van der Waals surface area contributed by atoms with E-state index >= 15 is 0 Å². The lowest BCUT2D eigenvalue weighted by molar-refractivity contribution is 0.479. The average Bonchev–Trinajstić information content (AvgIpc) is 1.86. The van der Waals surface area contributed by atoms with E-state index in [2.05, 4.69) is 20.9 Å². The molecule has 1 rings (SSSR count). The van der Waals surface area contributed by atoms with Gasteiger partial charge in [0.15, 0.2) is 5.03 Å². The number of hydrogen-bond donors (Lipinski definition) is 1. The summed E-state index contributed by atoms with van der Waals surface area (Å²) in [6.45, 7) is 0. The molecule has 0 aromatic carbocycles. The number of aromatic nitrogens is 1. The molecule has 0 spiro atoms. The highest BCUT2D eigenvalue weighted by molar-refractivity contribution is 9.10. The molecule has 0 atom stereocenters. The normalized spacial score (nSPS) is 11.5. The van der Waals surface area contributed by atoms with Gasteiger partial charge in [0.2, 0.25) is 0 Å². The first kappa shape index (κ1) is 8.63. The van der Waals surface area contributed by atoms with Crippen molar-refractivity contribution in [1.82, 2.24) is 4.98 Å². The van der Waals surface area contributed by atoms with Crippen LogP contribution in [0.15, 0.2) is 27.8 Å². The monoisotopic (exact) mass is 237 g/mol. The molecule has 0 fully saturated rings. The molecule has 0 aliphatic heterocycles. The van der Waals surface area contributed by atoms with E-state index in [1.807, 2.05) is 0 Å². The van der Waals surface area contributed by atoms with Crippen molar-refractivity contribution >= 4 is 26.0 Å². The van der Waals surface area contributed by atoms with Crippen LogP contribution >= 0.6 is 15.9 Å². The quantitative estimate of drug-likeness (QED) is 0.743. The second-order valence-corrected chi connectivity index (χ2v) is 4.07. The van der Waals surface area contributed by atoms with E-state index in [-0.39, 0.29) is 5.03 Å². The van der Waals surface area contributed by atoms with E-state index in [0.29, 0.717) is 4.47 Å². The van der Waals surface area contributed by atoms with E-state index in [1.165, 1.54) is 18.3 Å². The Labute approximate surface area is 72.1 Å².